The van der Waals surface area contributed by atoms with Crippen LogP contribution >= 0.6 is 0 Å². The van der Waals surface area contributed by atoms with Crippen LogP contribution in [0.2, 0.25) is 0 Å². The zero-order valence-corrected chi connectivity index (χ0v) is 11.7. The molecule has 0 amide bonds. The third-order valence-corrected chi connectivity index (χ3v) is 3.14. The molecular weight excluding hydrogens is 253 g/mol. The van der Waals surface area contributed by atoms with Gasteiger partial charge in [-0.1, -0.05) is 37.6 Å². The van der Waals surface area contributed by atoms with Crippen molar-refractivity contribution < 1.29 is 9.13 Å². The van der Waals surface area contributed by atoms with Crippen molar-refractivity contribution in [1.82, 2.24) is 0 Å². The molecule has 0 aliphatic rings. The summed E-state index contributed by atoms with van der Waals surface area (Å²) in [7, 11) is 0. The summed E-state index contributed by atoms with van der Waals surface area (Å²) >= 11 is 0. The van der Waals surface area contributed by atoms with E-state index < -0.39 is 0 Å². The van der Waals surface area contributed by atoms with Gasteiger partial charge in [-0.15, -0.1) is 0 Å². The van der Waals surface area contributed by atoms with Gasteiger partial charge in [0.25, 0.3) is 0 Å². The number of nitrogens with two attached hydrogens (primary N) is 1. The molecule has 0 aliphatic carbocycles. The zero-order chi connectivity index (χ0) is 14.4. The SMILES string of the molecule is CCCc1ccc(Oc2c(F)cccc2CCN)cc1. The first kappa shape index (κ1) is 14.5. The quantitative estimate of drug-likeness (QED) is 0.861. The van der Waals surface area contributed by atoms with Gasteiger partial charge >= 0.3 is 0 Å². The largest absolute Gasteiger partial charge is 0.454 e. The summed E-state index contributed by atoms with van der Waals surface area (Å²) < 4.78 is 19.6. The van der Waals surface area contributed by atoms with Crippen molar-refractivity contribution in [3.8, 4) is 11.5 Å². The average molecular weight is 273 g/mol. The summed E-state index contributed by atoms with van der Waals surface area (Å²) in [5.41, 5.74) is 7.60. The average Bonchev–Trinajstić information content (AvgIpc) is 2.45. The maximum Gasteiger partial charge on any atom is 0.166 e. The normalized spacial score (nSPS) is 10.6. The summed E-state index contributed by atoms with van der Waals surface area (Å²) in [4.78, 5) is 0. The van der Waals surface area contributed by atoms with Gasteiger partial charge in [-0.05, 0) is 48.7 Å². The smallest absolute Gasteiger partial charge is 0.166 e. The molecule has 0 spiro atoms. The Hall–Kier alpha value is -1.87. The van der Waals surface area contributed by atoms with Crippen LogP contribution in [-0.2, 0) is 12.8 Å². The van der Waals surface area contributed by atoms with Crippen LogP contribution in [0.3, 0.4) is 0 Å². The van der Waals surface area contributed by atoms with E-state index >= 15 is 0 Å². The molecule has 0 bridgehead atoms. The maximum absolute atomic E-state index is 13.9. The second-order valence-corrected chi connectivity index (χ2v) is 4.76. The molecule has 0 unspecified atom stereocenters. The van der Waals surface area contributed by atoms with Crippen molar-refractivity contribution in [3.05, 3.63) is 59.4 Å². The number of aryl methyl sites for hydroxylation is 1. The van der Waals surface area contributed by atoms with Gasteiger partial charge in [-0.3, -0.25) is 0 Å². The Morgan fingerprint density at radius 2 is 1.80 bits per heavy atom. The van der Waals surface area contributed by atoms with Crippen LogP contribution < -0.4 is 10.5 Å². The summed E-state index contributed by atoms with van der Waals surface area (Å²) in [6.45, 7) is 2.61. The van der Waals surface area contributed by atoms with E-state index in [1.165, 1.54) is 11.6 Å². The van der Waals surface area contributed by atoms with Crippen molar-refractivity contribution in [2.24, 2.45) is 5.73 Å². The first-order valence-corrected chi connectivity index (χ1v) is 6.99. The second-order valence-electron chi connectivity index (χ2n) is 4.76. The lowest BCUT2D eigenvalue weighted by Gasteiger charge is -2.12. The van der Waals surface area contributed by atoms with E-state index in [1.807, 2.05) is 30.3 Å². The lowest BCUT2D eigenvalue weighted by molar-refractivity contribution is 0.436. The van der Waals surface area contributed by atoms with Crippen LogP contribution in [0.15, 0.2) is 42.5 Å². The van der Waals surface area contributed by atoms with E-state index in [0.717, 1.165) is 18.4 Å². The van der Waals surface area contributed by atoms with Gasteiger partial charge in [0.05, 0.1) is 0 Å². The number of para-hydroxylation sites is 1. The van der Waals surface area contributed by atoms with Crippen LogP contribution in [0.25, 0.3) is 0 Å². The number of benzene rings is 2. The van der Waals surface area contributed by atoms with Crippen LogP contribution in [-0.4, -0.2) is 6.54 Å². The van der Waals surface area contributed by atoms with Crippen LogP contribution in [0.4, 0.5) is 4.39 Å². The Balaban J connectivity index is 2.20. The Labute approximate surface area is 119 Å². The number of hydrogen-bond acceptors (Lipinski definition) is 2. The molecule has 0 radical (unpaired) electrons. The fourth-order valence-electron chi connectivity index (χ4n) is 2.15. The molecule has 3 heteroatoms. The highest BCUT2D eigenvalue weighted by Gasteiger charge is 2.10. The number of halogens is 1. The third kappa shape index (κ3) is 3.58. The molecule has 0 fully saturated rings. The fraction of sp³-hybridized carbons (Fsp3) is 0.294. The Morgan fingerprint density at radius 1 is 1.05 bits per heavy atom. The molecule has 2 aromatic rings. The zero-order valence-electron chi connectivity index (χ0n) is 11.7. The molecule has 0 saturated heterocycles. The minimum atomic E-state index is -0.353. The van der Waals surface area contributed by atoms with E-state index in [2.05, 4.69) is 6.92 Å². The predicted molar refractivity (Wildman–Crippen MR) is 79.7 cm³/mol. The molecule has 2 nitrogen and oxygen atoms in total. The van der Waals surface area contributed by atoms with Crippen molar-refractivity contribution in [3.63, 3.8) is 0 Å². The van der Waals surface area contributed by atoms with Crippen LogP contribution in [0, 0.1) is 5.82 Å². The predicted octanol–water partition coefficient (Wildman–Crippen LogP) is 4.07. The van der Waals surface area contributed by atoms with Crippen molar-refractivity contribution in [2.75, 3.05) is 6.54 Å². The monoisotopic (exact) mass is 273 g/mol. The summed E-state index contributed by atoms with van der Waals surface area (Å²) in [6, 6.07) is 12.7. The first-order chi connectivity index (χ1) is 9.74. The van der Waals surface area contributed by atoms with Gasteiger partial charge in [-0.25, -0.2) is 4.39 Å². The van der Waals surface area contributed by atoms with Crippen LogP contribution in [0.5, 0.6) is 11.5 Å². The molecule has 0 atom stereocenters. The van der Waals surface area contributed by atoms with Crippen molar-refractivity contribution in [2.45, 2.75) is 26.2 Å². The third-order valence-electron chi connectivity index (χ3n) is 3.14. The highest BCUT2D eigenvalue weighted by molar-refractivity contribution is 5.40. The molecule has 2 rings (SSSR count). The number of hydrogen-bond donors (Lipinski definition) is 1. The topological polar surface area (TPSA) is 35.2 Å². The maximum atomic E-state index is 13.9. The number of ether oxygens (including phenoxy) is 1. The molecule has 20 heavy (non-hydrogen) atoms. The molecule has 0 saturated carbocycles. The second kappa shape index (κ2) is 7.06. The molecule has 0 aromatic heterocycles. The van der Waals surface area contributed by atoms with E-state index in [0.29, 0.717) is 18.7 Å². The van der Waals surface area contributed by atoms with Gasteiger partial charge in [-0.2, -0.15) is 0 Å². The summed E-state index contributed by atoms with van der Waals surface area (Å²) in [5, 5.41) is 0. The molecule has 0 aliphatic heterocycles. The molecule has 106 valence electrons. The van der Waals surface area contributed by atoms with Crippen molar-refractivity contribution >= 4 is 0 Å². The van der Waals surface area contributed by atoms with Gasteiger partial charge < -0.3 is 10.5 Å². The minimum Gasteiger partial charge on any atom is -0.454 e. The highest BCUT2D eigenvalue weighted by atomic mass is 19.1. The lowest BCUT2D eigenvalue weighted by Crippen LogP contribution is -2.05. The fourth-order valence-corrected chi connectivity index (χ4v) is 2.15. The standard InChI is InChI=1S/C17H20FNO/c1-2-4-13-7-9-15(10-8-13)20-17-14(11-12-19)5-3-6-16(17)18/h3,5-10H,2,4,11-12,19H2,1H3. The first-order valence-electron chi connectivity index (χ1n) is 6.99. The van der Waals surface area contributed by atoms with E-state index in [9.17, 15) is 4.39 Å². The van der Waals surface area contributed by atoms with Crippen LogP contribution in [0.1, 0.15) is 24.5 Å². The summed E-state index contributed by atoms with van der Waals surface area (Å²) in [5.74, 6) is 0.572. The lowest BCUT2D eigenvalue weighted by atomic mass is 10.1. The van der Waals surface area contributed by atoms with Gasteiger partial charge in [0, 0.05) is 0 Å². The Bertz CT molecular complexity index is 551. The van der Waals surface area contributed by atoms with Gasteiger partial charge in [0.1, 0.15) is 5.75 Å². The highest BCUT2D eigenvalue weighted by Crippen LogP contribution is 2.29. The van der Waals surface area contributed by atoms with E-state index in [-0.39, 0.29) is 11.6 Å². The van der Waals surface area contributed by atoms with E-state index in [1.54, 1.807) is 6.07 Å². The number of rotatable bonds is 6. The van der Waals surface area contributed by atoms with Gasteiger partial charge in [0.2, 0.25) is 0 Å². The molecule has 0 heterocycles. The molecule has 2 aromatic carbocycles. The minimum absolute atomic E-state index is 0.279. The Kier molecular flexibility index (Phi) is 5.13. The molecule has 2 N–H and O–H groups in total. The van der Waals surface area contributed by atoms with Crippen molar-refractivity contribution in [1.29, 1.82) is 0 Å². The van der Waals surface area contributed by atoms with Gasteiger partial charge in [0.15, 0.2) is 11.6 Å². The Morgan fingerprint density at radius 3 is 2.45 bits per heavy atom. The molecular formula is C17H20FNO. The summed E-state index contributed by atoms with van der Waals surface area (Å²) in [6.07, 6.45) is 2.74. The van der Waals surface area contributed by atoms with E-state index in [4.69, 9.17) is 10.5 Å².